The van der Waals surface area contributed by atoms with Gasteiger partial charge in [-0.25, -0.2) is 4.79 Å². The lowest BCUT2D eigenvalue weighted by Gasteiger charge is -2.37. The second-order valence-electron chi connectivity index (χ2n) is 32.2. The second-order valence-corrected chi connectivity index (χ2v) is 32.2. The lowest BCUT2D eigenvalue weighted by molar-refractivity contribution is -0.156. The van der Waals surface area contributed by atoms with E-state index < -0.39 is 267 Å². The van der Waals surface area contributed by atoms with Gasteiger partial charge in [0.1, 0.15) is 78.1 Å². The molecule has 0 aliphatic carbocycles. The largest absolute Gasteiger partial charge is 0.481 e. The highest BCUT2D eigenvalue weighted by Crippen LogP contribution is 2.37. The van der Waals surface area contributed by atoms with E-state index in [1.807, 2.05) is 16.0 Å². The third-order valence-electron chi connectivity index (χ3n) is 21.8. The van der Waals surface area contributed by atoms with Gasteiger partial charge < -0.3 is 121 Å². The van der Waals surface area contributed by atoms with Crippen LogP contribution in [0.25, 0.3) is 10.9 Å². The number of carboxylic acid groups (broad SMARTS) is 4. The highest BCUT2D eigenvalue weighted by atomic mass is 16.5. The van der Waals surface area contributed by atoms with Crippen molar-refractivity contribution >= 4 is 135 Å². The van der Waals surface area contributed by atoms with Crippen molar-refractivity contribution in [2.45, 2.75) is 215 Å². The van der Waals surface area contributed by atoms with Gasteiger partial charge in [0, 0.05) is 47.6 Å². The molecule has 1 aliphatic heterocycles. The molecule has 1 fully saturated rings. The summed E-state index contributed by atoms with van der Waals surface area (Å²) in [6, 6.07) is 15.0. The molecule has 1 aromatic heterocycles. The van der Waals surface area contributed by atoms with Crippen molar-refractivity contribution in [2.75, 3.05) is 32.0 Å². The van der Waals surface area contributed by atoms with Gasteiger partial charge in [-0.05, 0) is 86.0 Å². The Bertz CT molecular complexity index is 5080. The van der Waals surface area contributed by atoms with Crippen LogP contribution in [0.4, 0.5) is 5.69 Å². The number of aromatic nitrogens is 1. The van der Waals surface area contributed by atoms with Crippen molar-refractivity contribution < 1.29 is 126 Å². The minimum atomic E-state index is -2.49. The summed E-state index contributed by atoms with van der Waals surface area (Å²) >= 11 is 0. The molecule has 6 aromatic rings. The Labute approximate surface area is 769 Å². The molecule has 134 heavy (non-hydrogen) atoms. The molecule has 0 bridgehead atoms. The smallest absolute Gasteiger partial charge is 0.329 e. The van der Waals surface area contributed by atoms with Crippen LogP contribution in [0.3, 0.4) is 0 Å². The maximum Gasteiger partial charge on any atom is 0.329 e. The van der Waals surface area contributed by atoms with E-state index in [4.69, 9.17) is 16.2 Å². The van der Waals surface area contributed by atoms with Gasteiger partial charge in [0.25, 0.3) is 0 Å². The molecule has 14 amide bonds. The Balaban J connectivity index is 1.34. The fourth-order valence-corrected chi connectivity index (χ4v) is 14.8. The number of amides is 14. The number of hydrogen-bond acceptors (Lipinski definition) is 24. The van der Waals surface area contributed by atoms with Crippen molar-refractivity contribution in [3.63, 3.8) is 0 Å². The van der Waals surface area contributed by atoms with E-state index in [0.717, 1.165) is 52.9 Å². The zero-order valence-corrected chi connectivity index (χ0v) is 74.2. The molecule has 43 nitrogen and oxygen atoms in total. The third-order valence-corrected chi connectivity index (χ3v) is 21.8. The predicted octanol–water partition coefficient (Wildman–Crippen LogP) is -0.999. The van der Waals surface area contributed by atoms with Gasteiger partial charge in [-0.1, -0.05) is 174 Å². The van der Waals surface area contributed by atoms with Crippen LogP contribution in [-0.4, -0.2) is 248 Å². The number of carboxylic acids is 4. The highest BCUT2D eigenvalue weighted by Gasteiger charge is 2.44. The van der Waals surface area contributed by atoms with E-state index in [1.165, 1.54) is 24.3 Å². The van der Waals surface area contributed by atoms with E-state index in [2.05, 4.69) is 70.4 Å². The van der Waals surface area contributed by atoms with Gasteiger partial charge in [0.2, 0.25) is 82.7 Å². The van der Waals surface area contributed by atoms with Crippen LogP contribution in [0, 0.1) is 5.92 Å². The van der Waals surface area contributed by atoms with Gasteiger partial charge in [-0.2, -0.15) is 0 Å². The number of para-hydroxylation sites is 2. The number of aliphatic hydroxyl groups excluding tert-OH is 1. The lowest BCUT2D eigenvalue weighted by Crippen LogP contribution is -2.62. The molecule has 0 spiro atoms. The molecule has 7 rings (SSSR count). The third kappa shape index (κ3) is 32.5. The van der Waals surface area contributed by atoms with Gasteiger partial charge >= 0.3 is 29.8 Å². The fraction of sp³-hybridized carbons (Fsp3) is 0.429. The Kier molecular flexibility index (Phi) is 41.7. The fourth-order valence-electron chi connectivity index (χ4n) is 14.8. The first-order chi connectivity index (χ1) is 63.9. The van der Waals surface area contributed by atoms with Crippen molar-refractivity contribution in [2.24, 2.45) is 11.7 Å². The number of hydrogen-bond donors (Lipinski definition) is 22. The summed E-state index contributed by atoms with van der Waals surface area (Å²) in [6.45, 7) is 1.11. The van der Waals surface area contributed by atoms with E-state index >= 15 is 28.8 Å². The van der Waals surface area contributed by atoms with E-state index in [9.17, 15) is 92.7 Å². The highest BCUT2D eigenvalue weighted by molar-refractivity contribution is 6.05. The van der Waals surface area contributed by atoms with Crippen LogP contribution in [0.2, 0.25) is 0 Å². The summed E-state index contributed by atoms with van der Waals surface area (Å²) in [5, 5.41) is 83.6. The van der Waals surface area contributed by atoms with Gasteiger partial charge in [0.05, 0.1) is 51.8 Å². The predicted molar refractivity (Wildman–Crippen MR) is 478 cm³/mol. The maximum absolute atomic E-state index is 15.7. The first-order valence-corrected chi connectivity index (χ1v) is 43.5. The van der Waals surface area contributed by atoms with Crippen LogP contribution in [-0.2, 0) is 108 Å². The molecule has 1 aliphatic rings. The molecular formula is C91H115N17O26. The number of esters is 1. The number of carbonyl (C=O) groups excluding carboxylic acids is 16. The summed E-state index contributed by atoms with van der Waals surface area (Å²) < 4.78 is 5.82. The summed E-state index contributed by atoms with van der Waals surface area (Å²) in [6.07, 6.45) is -2.63. The molecule has 24 N–H and O–H groups in total. The molecule has 0 radical (unpaired) electrons. The number of aromatic amines is 1. The Morgan fingerprint density at radius 3 is 1.55 bits per heavy atom. The Hall–Kier alpha value is -15.0. The minimum Gasteiger partial charge on any atom is -0.481 e. The van der Waals surface area contributed by atoms with Crippen molar-refractivity contribution in [1.82, 2.24) is 79.4 Å². The van der Waals surface area contributed by atoms with Crippen LogP contribution in [0.15, 0.2) is 146 Å². The SMILES string of the molecule is CCCCCCCCCC(=O)NC(Cc1c[nH]c2ccccc12)C(=O)NC(CC(=O)NC(c1ccccc1)(c1ccccc1)c1ccccc1)C(=O)NC(CC(=O)O)C(=O)NC1C(=O)NCC(=O)NC(CCCN)C(=O)NC(CC(=O)O)C(=O)NC(C)C(=O)NC(CC(=O)O)C(=O)NCC(=O)NC(CO)C(=O)NC(C(C)CC(=O)O)C(=O)NC(CC(=O)c2ccccc2N)C(=O)OC1C. The zero-order chi connectivity index (χ0) is 98.3. The number of nitrogen functional groups attached to an aromatic ring is 1. The number of benzene rings is 5. The number of aliphatic hydroxyl groups is 1. The normalized spacial score (nSPS) is 19.9. The number of ether oxygens (including phenoxy) is 1. The number of ketones is 1. The van der Waals surface area contributed by atoms with E-state index in [1.54, 1.807) is 121 Å². The van der Waals surface area contributed by atoms with Crippen molar-refractivity contribution in [3.05, 3.63) is 174 Å². The van der Waals surface area contributed by atoms with Gasteiger partial charge in [-0.15, -0.1) is 0 Å². The summed E-state index contributed by atoms with van der Waals surface area (Å²) in [4.78, 5) is 286. The van der Waals surface area contributed by atoms with E-state index in [0.29, 0.717) is 46.0 Å². The molecule has 2 heterocycles. The number of aliphatic carboxylic acids is 4. The molecule has 13 atom stereocenters. The standard InChI is InChI=1S/C91H115N17O26/c1-5-6-7-8-9-10-20-37-70(111)99-62(40-53-46-94-60-35-24-22-32-57(53)60)84(127)102-63(42-71(112)108-91(54-26-14-11-15-27-54,55-28-16-12-17-29-55)56-30-18-13-19-31-56)85(128)104-66(45-77(121)122)86(129)107-79-52(4)134-90(133)67(41-69(110)58-33-21-23-34-59(58)93)105-89(132)78(50(2)39-74(115)116)106-87(130)68(49-109)100-73(114)47-95-81(124)64(43-75(117)118)101-80(123)51(3)97-83(126)65(44-76(119)120)103-82(125)61(36-25-38-92)98-72(113)48-96-88(79)131/h11-19,21-24,26-35,46,50-52,61-68,78-79,94,109H,5-10,20,25,36-45,47-49,92-93H2,1-4H3,(H,95,124)(H,96,131)(H,97,126)(H,98,113)(H,99,111)(H,100,114)(H,101,123)(H,102,127)(H,103,125)(H,104,128)(H,105,132)(H,106,130)(H,107,129)(H,108,112)(H,115,116)(H,117,118)(H,119,120)(H,121,122). The molecule has 5 aromatic carbocycles. The quantitative estimate of drug-likeness (QED) is 0.00724. The van der Waals surface area contributed by atoms with Crippen molar-refractivity contribution in [1.29, 1.82) is 0 Å². The van der Waals surface area contributed by atoms with E-state index in [-0.39, 0.29) is 37.1 Å². The van der Waals surface area contributed by atoms with Crippen LogP contribution >= 0.6 is 0 Å². The summed E-state index contributed by atoms with van der Waals surface area (Å²) in [5.74, 6) is -29.6. The van der Waals surface area contributed by atoms with Gasteiger partial charge in [-0.3, -0.25) is 91.1 Å². The Morgan fingerprint density at radius 1 is 0.485 bits per heavy atom. The number of fused-ring (bicyclic) bond motifs is 1. The number of nitrogens with two attached hydrogens (primary N) is 2. The topological polar surface area (TPSA) is 688 Å². The van der Waals surface area contributed by atoms with Crippen LogP contribution in [0.1, 0.15) is 163 Å². The first-order valence-electron chi connectivity index (χ1n) is 43.5. The number of unbranched alkanes of at least 4 members (excludes halogenated alkanes) is 6. The van der Waals surface area contributed by atoms with Crippen molar-refractivity contribution in [3.8, 4) is 0 Å². The number of H-pyrrole nitrogens is 1. The number of anilines is 1. The molecular weight excluding hydrogens is 1750 g/mol. The lowest BCUT2D eigenvalue weighted by atomic mass is 9.77. The molecule has 43 heteroatoms. The number of carbonyl (C=O) groups is 20. The molecule has 13 unspecified atom stereocenters. The summed E-state index contributed by atoms with van der Waals surface area (Å²) in [5.41, 5.74) is 12.5. The number of rotatable bonds is 39. The number of cyclic esters (lactones) is 1. The van der Waals surface area contributed by atoms with Crippen LogP contribution in [0.5, 0.6) is 0 Å². The molecule has 1 saturated heterocycles. The monoisotopic (exact) mass is 1860 g/mol. The molecule has 720 valence electrons. The van der Waals surface area contributed by atoms with Gasteiger partial charge in [0.15, 0.2) is 5.78 Å². The summed E-state index contributed by atoms with van der Waals surface area (Å²) in [7, 11) is 0. The average molecular weight is 1860 g/mol. The Morgan fingerprint density at radius 2 is 0.985 bits per heavy atom. The maximum atomic E-state index is 15.7. The average Bonchev–Trinajstić information content (AvgIpc) is 0.863. The molecule has 0 saturated carbocycles. The second kappa shape index (κ2) is 52.7. The van der Waals surface area contributed by atoms with Crippen LogP contribution < -0.4 is 85.9 Å². The minimum absolute atomic E-state index is 0.0447. The number of Topliss-reactive ketones (excluding diaryl/α,β-unsaturated/α-hetero) is 1. The zero-order valence-electron chi connectivity index (χ0n) is 74.2. The number of nitrogens with one attached hydrogen (secondary N) is 15. The first kappa shape index (κ1) is 106.